The van der Waals surface area contributed by atoms with Crippen LogP contribution in [0.3, 0.4) is 0 Å². The number of pyridine rings is 2. The Kier molecular flexibility index (Phi) is 5.12. The van der Waals surface area contributed by atoms with Crippen LogP contribution in [0.25, 0.3) is 22.3 Å². The predicted octanol–water partition coefficient (Wildman–Crippen LogP) is 6.17. The van der Waals surface area contributed by atoms with Gasteiger partial charge in [0.1, 0.15) is 11.2 Å². The highest BCUT2D eigenvalue weighted by molar-refractivity contribution is 7.86. The molecule has 5 heteroatoms. The van der Waals surface area contributed by atoms with Crippen LogP contribution >= 0.6 is 7.14 Å². The molecule has 0 bridgehead atoms. The molecule has 170 valence electrons. The Morgan fingerprint density at radius 2 is 1.51 bits per heavy atom. The lowest BCUT2D eigenvalue weighted by Crippen LogP contribution is -2.23. The number of rotatable bonds is 4. The van der Waals surface area contributed by atoms with Crippen molar-refractivity contribution in [2.75, 3.05) is 0 Å². The van der Waals surface area contributed by atoms with E-state index in [1.165, 1.54) is 0 Å². The minimum atomic E-state index is -3.10. The number of aryl methyl sites for hydroxylation is 2. The molecule has 1 unspecified atom stereocenters. The summed E-state index contributed by atoms with van der Waals surface area (Å²) in [6.07, 6.45) is 3.47. The van der Waals surface area contributed by atoms with Crippen LogP contribution in [0.5, 0.6) is 11.6 Å². The fourth-order valence-electron chi connectivity index (χ4n) is 4.67. The second-order valence-electron chi connectivity index (χ2n) is 8.81. The summed E-state index contributed by atoms with van der Waals surface area (Å²) >= 11 is 0. The summed E-state index contributed by atoms with van der Waals surface area (Å²) in [4.78, 5) is 8.91. The van der Waals surface area contributed by atoms with Gasteiger partial charge in [0.2, 0.25) is 5.88 Å². The monoisotopic (exact) mass is 474 g/mol. The van der Waals surface area contributed by atoms with Crippen LogP contribution in [0, 0.1) is 13.8 Å². The molecule has 0 radical (unpaired) electrons. The standard InChI is InChI=1S/C30H23N2O2P/c1-20-14-16-31-29(17-20)35(33)27-11-4-3-10-25(27)26-13-12-23(19-28(26)35)22-8-5-9-24(18-22)34-30-21(2)7-6-15-32-30/h3-19H,1-2H3. The number of hydrogen-bond acceptors (Lipinski definition) is 4. The van der Waals surface area contributed by atoms with Crippen molar-refractivity contribution in [1.29, 1.82) is 0 Å². The summed E-state index contributed by atoms with van der Waals surface area (Å²) in [5, 5.41) is 1.69. The molecule has 1 aliphatic heterocycles. The van der Waals surface area contributed by atoms with Gasteiger partial charge in [-0.05, 0) is 78.1 Å². The molecule has 0 saturated carbocycles. The van der Waals surface area contributed by atoms with Gasteiger partial charge < -0.3 is 9.30 Å². The quantitative estimate of drug-likeness (QED) is 0.287. The molecule has 0 aliphatic carbocycles. The fourth-order valence-corrected chi connectivity index (χ4v) is 7.73. The third-order valence-corrected chi connectivity index (χ3v) is 9.44. The van der Waals surface area contributed by atoms with Crippen LogP contribution in [0.1, 0.15) is 11.1 Å². The number of fused-ring (bicyclic) bond motifs is 3. The maximum atomic E-state index is 14.8. The highest BCUT2D eigenvalue weighted by Gasteiger charge is 2.41. The Morgan fingerprint density at radius 1 is 0.686 bits per heavy atom. The summed E-state index contributed by atoms with van der Waals surface area (Å²) < 4.78 is 20.9. The normalized spacial score (nSPS) is 15.9. The van der Waals surface area contributed by atoms with E-state index in [0.29, 0.717) is 17.1 Å². The number of nitrogens with zero attached hydrogens (tertiary/aromatic N) is 2. The third kappa shape index (κ3) is 3.58. The first kappa shape index (κ1) is 21.5. The Bertz CT molecular complexity index is 1640. The van der Waals surface area contributed by atoms with Gasteiger partial charge in [-0.3, -0.25) is 4.98 Å². The third-order valence-electron chi connectivity index (χ3n) is 6.44. The number of aromatic nitrogens is 2. The van der Waals surface area contributed by atoms with Gasteiger partial charge in [0, 0.05) is 28.6 Å². The second kappa shape index (κ2) is 8.33. The molecule has 0 fully saturated rings. The van der Waals surface area contributed by atoms with Crippen molar-refractivity contribution < 1.29 is 9.30 Å². The van der Waals surface area contributed by atoms with Gasteiger partial charge in [-0.2, -0.15) is 0 Å². The van der Waals surface area contributed by atoms with E-state index >= 15 is 0 Å². The molecule has 6 rings (SSSR count). The van der Waals surface area contributed by atoms with Gasteiger partial charge in [0.05, 0.1) is 0 Å². The van der Waals surface area contributed by atoms with Crippen LogP contribution < -0.4 is 20.8 Å². The lowest BCUT2D eigenvalue weighted by Gasteiger charge is -2.16. The largest absolute Gasteiger partial charge is 0.439 e. The first-order valence-corrected chi connectivity index (χ1v) is 13.2. The molecule has 1 aliphatic rings. The van der Waals surface area contributed by atoms with Crippen LogP contribution in [-0.2, 0) is 4.57 Å². The minimum Gasteiger partial charge on any atom is -0.439 e. The molecular weight excluding hydrogens is 451 g/mol. The smallest absolute Gasteiger partial charge is 0.222 e. The molecule has 3 heterocycles. The van der Waals surface area contributed by atoms with Crippen LogP contribution in [0.2, 0.25) is 0 Å². The molecule has 5 aromatic rings. The molecule has 0 saturated heterocycles. The van der Waals surface area contributed by atoms with Crippen molar-refractivity contribution in [1.82, 2.24) is 9.97 Å². The van der Waals surface area contributed by atoms with E-state index in [2.05, 4.69) is 28.2 Å². The molecule has 2 aromatic heterocycles. The van der Waals surface area contributed by atoms with E-state index in [0.717, 1.165) is 44.0 Å². The average Bonchev–Trinajstić information content (AvgIpc) is 3.15. The molecule has 35 heavy (non-hydrogen) atoms. The summed E-state index contributed by atoms with van der Waals surface area (Å²) in [6, 6.07) is 29.9. The summed E-state index contributed by atoms with van der Waals surface area (Å²) in [5.41, 5.74) is 6.63. The summed E-state index contributed by atoms with van der Waals surface area (Å²) in [5.74, 6) is 1.29. The van der Waals surface area contributed by atoms with E-state index in [9.17, 15) is 4.57 Å². The van der Waals surface area contributed by atoms with Crippen LogP contribution in [0.4, 0.5) is 0 Å². The molecular formula is C30H23N2O2P. The van der Waals surface area contributed by atoms with Crippen molar-refractivity contribution in [3.63, 3.8) is 0 Å². The van der Waals surface area contributed by atoms with Gasteiger partial charge in [-0.15, -0.1) is 0 Å². The number of ether oxygens (including phenoxy) is 1. The van der Waals surface area contributed by atoms with Crippen molar-refractivity contribution in [3.8, 4) is 33.9 Å². The Morgan fingerprint density at radius 3 is 2.37 bits per heavy atom. The van der Waals surface area contributed by atoms with E-state index in [4.69, 9.17) is 4.74 Å². The maximum Gasteiger partial charge on any atom is 0.222 e. The second-order valence-corrected chi connectivity index (χ2v) is 11.4. The van der Waals surface area contributed by atoms with E-state index in [1.807, 2.05) is 86.6 Å². The zero-order valence-electron chi connectivity index (χ0n) is 19.5. The maximum absolute atomic E-state index is 14.8. The predicted molar refractivity (Wildman–Crippen MR) is 142 cm³/mol. The molecule has 4 nitrogen and oxygen atoms in total. The highest BCUT2D eigenvalue weighted by atomic mass is 31.2. The lowest BCUT2D eigenvalue weighted by atomic mass is 10.0. The first-order valence-electron chi connectivity index (χ1n) is 11.5. The van der Waals surface area contributed by atoms with Crippen molar-refractivity contribution >= 4 is 23.2 Å². The fraction of sp³-hybridized carbons (Fsp3) is 0.0667. The first-order chi connectivity index (χ1) is 17.0. The van der Waals surface area contributed by atoms with Crippen molar-refractivity contribution in [2.24, 2.45) is 0 Å². The van der Waals surface area contributed by atoms with Crippen molar-refractivity contribution in [2.45, 2.75) is 13.8 Å². The molecule has 0 amide bonds. The van der Waals surface area contributed by atoms with E-state index in [1.54, 1.807) is 12.4 Å². The number of hydrogen-bond donors (Lipinski definition) is 0. The van der Waals surface area contributed by atoms with Gasteiger partial charge in [0.15, 0.2) is 7.14 Å². The zero-order chi connectivity index (χ0) is 24.0. The van der Waals surface area contributed by atoms with E-state index in [-0.39, 0.29) is 0 Å². The lowest BCUT2D eigenvalue weighted by molar-refractivity contribution is 0.459. The summed E-state index contributed by atoms with van der Waals surface area (Å²) in [6.45, 7) is 3.98. The molecule has 0 N–H and O–H groups in total. The van der Waals surface area contributed by atoms with Gasteiger partial charge in [-0.25, -0.2) is 4.98 Å². The Labute approximate surface area is 204 Å². The Balaban J connectivity index is 1.47. The zero-order valence-corrected chi connectivity index (χ0v) is 20.4. The van der Waals surface area contributed by atoms with Gasteiger partial charge in [0.25, 0.3) is 0 Å². The van der Waals surface area contributed by atoms with Gasteiger partial charge in [-0.1, -0.05) is 54.6 Å². The van der Waals surface area contributed by atoms with E-state index < -0.39 is 7.14 Å². The van der Waals surface area contributed by atoms with Gasteiger partial charge >= 0.3 is 0 Å². The number of benzene rings is 3. The minimum absolute atomic E-state index is 0.587. The molecule has 0 spiro atoms. The molecule has 3 aromatic carbocycles. The van der Waals surface area contributed by atoms with Crippen LogP contribution in [-0.4, -0.2) is 9.97 Å². The average molecular weight is 475 g/mol. The van der Waals surface area contributed by atoms with Crippen LogP contribution in [0.15, 0.2) is 103 Å². The SMILES string of the molecule is Cc1ccnc(P2(=O)c3ccccc3-c3ccc(-c4cccc(Oc5ncccc5C)c4)cc32)c1. The Hall–Kier alpha value is -4.01. The van der Waals surface area contributed by atoms with Crippen molar-refractivity contribution in [3.05, 3.63) is 115 Å². The summed E-state index contributed by atoms with van der Waals surface area (Å²) in [7, 11) is -3.10. The molecule has 1 atom stereocenters. The topological polar surface area (TPSA) is 52.1 Å². The highest BCUT2D eigenvalue weighted by Crippen LogP contribution is 2.52.